The van der Waals surface area contributed by atoms with E-state index in [1.165, 1.54) is 0 Å². The predicted octanol–water partition coefficient (Wildman–Crippen LogP) is 0.633. The van der Waals surface area contributed by atoms with Gasteiger partial charge in [-0.05, 0) is 27.1 Å². The molecule has 21 heavy (non-hydrogen) atoms. The lowest BCUT2D eigenvalue weighted by atomic mass is 10.1. The Kier molecular flexibility index (Phi) is 4.87. The van der Waals surface area contributed by atoms with Crippen LogP contribution >= 0.6 is 0 Å². The first-order valence-electron chi connectivity index (χ1n) is 6.75. The van der Waals surface area contributed by atoms with E-state index >= 15 is 0 Å². The number of nitrogens with zero attached hydrogens (tertiary/aromatic N) is 5. The molecule has 2 heterocycles. The van der Waals surface area contributed by atoms with Crippen LogP contribution in [0.3, 0.4) is 0 Å². The second kappa shape index (κ2) is 6.64. The van der Waals surface area contributed by atoms with Crippen molar-refractivity contribution in [3.8, 4) is 5.75 Å². The van der Waals surface area contributed by atoms with E-state index in [1.54, 1.807) is 37.2 Å². The first-order valence-corrected chi connectivity index (χ1v) is 6.75. The summed E-state index contributed by atoms with van der Waals surface area (Å²) in [6.07, 6.45) is 2.35. The van der Waals surface area contributed by atoms with Gasteiger partial charge < -0.3 is 14.7 Å². The molecule has 0 aliphatic rings. The zero-order chi connectivity index (χ0) is 15.4. The fourth-order valence-corrected chi connectivity index (χ4v) is 2.05. The second-order valence-electron chi connectivity index (χ2n) is 5.06. The van der Waals surface area contributed by atoms with Crippen molar-refractivity contribution in [1.29, 1.82) is 0 Å². The van der Waals surface area contributed by atoms with Crippen LogP contribution in [0.15, 0.2) is 18.5 Å². The quantitative estimate of drug-likeness (QED) is 0.841. The van der Waals surface area contributed by atoms with Crippen molar-refractivity contribution in [3.63, 3.8) is 0 Å². The van der Waals surface area contributed by atoms with E-state index in [4.69, 9.17) is 4.74 Å². The molecule has 0 aliphatic heterocycles. The van der Waals surface area contributed by atoms with E-state index in [2.05, 4.69) is 20.0 Å². The zero-order valence-corrected chi connectivity index (χ0v) is 12.8. The van der Waals surface area contributed by atoms with Crippen LogP contribution in [0.1, 0.15) is 23.3 Å². The summed E-state index contributed by atoms with van der Waals surface area (Å²) in [6, 6.07) is 1.69. The molecule has 114 valence electrons. The van der Waals surface area contributed by atoms with Crippen LogP contribution in [-0.2, 0) is 6.54 Å². The van der Waals surface area contributed by atoms with E-state index in [0.29, 0.717) is 29.5 Å². The van der Waals surface area contributed by atoms with E-state index in [0.717, 1.165) is 6.54 Å². The van der Waals surface area contributed by atoms with Gasteiger partial charge in [0.15, 0.2) is 5.75 Å². The summed E-state index contributed by atoms with van der Waals surface area (Å²) < 4.78 is 7.06. The molecule has 0 amide bonds. The number of hydrogen-bond acceptors (Lipinski definition) is 6. The van der Waals surface area contributed by atoms with Gasteiger partial charge in [0.1, 0.15) is 17.6 Å². The van der Waals surface area contributed by atoms with Crippen molar-refractivity contribution in [1.82, 2.24) is 24.6 Å². The van der Waals surface area contributed by atoms with Crippen LogP contribution in [0.4, 0.5) is 0 Å². The van der Waals surface area contributed by atoms with Gasteiger partial charge in [0.25, 0.3) is 0 Å². The van der Waals surface area contributed by atoms with Gasteiger partial charge in [0.2, 0.25) is 0 Å². The van der Waals surface area contributed by atoms with Gasteiger partial charge in [0.05, 0.1) is 25.5 Å². The molecule has 1 N–H and O–H groups in total. The average Bonchev–Trinajstić information content (AvgIpc) is 2.87. The lowest BCUT2D eigenvalue weighted by molar-refractivity contribution is 0.195. The van der Waals surface area contributed by atoms with E-state index in [9.17, 15) is 5.11 Å². The highest BCUT2D eigenvalue weighted by Crippen LogP contribution is 2.28. The molecule has 0 radical (unpaired) electrons. The Morgan fingerprint density at radius 2 is 2.19 bits per heavy atom. The molecule has 2 aromatic heterocycles. The third-order valence-electron chi connectivity index (χ3n) is 3.16. The highest BCUT2D eigenvalue weighted by molar-refractivity contribution is 5.32. The summed E-state index contributed by atoms with van der Waals surface area (Å²) in [5, 5.41) is 14.9. The first kappa shape index (κ1) is 15.4. The van der Waals surface area contributed by atoms with Crippen LogP contribution in [0.25, 0.3) is 0 Å². The number of aromatic nitrogens is 4. The van der Waals surface area contributed by atoms with Crippen LogP contribution < -0.4 is 4.74 Å². The number of likely N-dealkylation sites (N-methyl/N-ethyl adjacent to an activating group) is 1. The maximum atomic E-state index is 10.6. The van der Waals surface area contributed by atoms with Crippen LogP contribution in [0.5, 0.6) is 5.75 Å². The highest BCUT2D eigenvalue weighted by atomic mass is 16.5. The fourth-order valence-electron chi connectivity index (χ4n) is 2.05. The molecule has 0 saturated heterocycles. The molecule has 1 unspecified atom stereocenters. The average molecular weight is 291 g/mol. The molecule has 0 saturated carbocycles. The Morgan fingerprint density at radius 1 is 1.43 bits per heavy atom. The standard InChI is InChI=1S/C14H21N5O2/c1-10-15-6-5-11(17-10)14(20)13-12(21-4)9-16-19(13)8-7-18(2)3/h5-6,9,14,20H,7-8H2,1-4H3. The predicted molar refractivity (Wildman–Crippen MR) is 78.2 cm³/mol. The molecule has 2 aromatic rings. The lowest BCUT2D eigenvalue weighted by Gasteiger charge is -2.16. The van der Waals surface area contributed by atoms with Gasteiger partial charge in [-0.15, -0.1) is 0 Å². The van der Waals surface area contributed by atoms with Gasteiger partial charge in [-0.3, -0.25) is 4.68 Å². The molecule has 2 rings (SSSR count). The van der Waals surface area contributed by atoms with Crippen LogP contribution in [0.2, 0.25) is 0 Å². The summed E-state index contributed by atoms with van der Waals surface area (Å²) in [5.74, 6) is 1.17. The largest absolute Gasteiger partial charge is 0.493 e. The normalized spacial score (nSPS) is 12.7. The number of rotatable bonds is 6. The van der Waals surface area contributed by atoms with E-state index in [-0.39, 0.29) is 0 Å². The number of aliphatic hydroxyl groups is 1. The Balaban J connectivity index is 2.34. The second-order valence-corrected chi connectivity index (χ2v) is 5.06. The molecule has 0 fully saturated rings. The summed E-state index contributed by atoms with van der Waals surface area (Å²) in [4.78, 5) is 10.4. The monoisotopic (exact) mass is 291 g/mol. The van der Waals surface area contributed by atoms with Crippen molar-refractivity contribution in [3.05, 3.63) is 35.7 Å². The molecular formula is C14H21N5O2. The number of aryl methyl sites for hydroxylation is 1. The third kappa shape index (κ3) is 3.56. The molecule has 0 bridgehead atoms. The molecule has 0 aromatic carbocycles. The minimum absolute atomic E-state index is 0.535. The van der Waals surface area contributed by atoms with Gasteiger partial charge in [0, 0.05) is 12.7 Å². The van der Waals surface area contributed by atoms with E-state index in [1.807, 2.05) is 14.1 Å². The van der Waals surface area contributed by atoms with E-state index < -0.39 is 6.10 Å². The van der Waals surface area contributed by atoms with Crippen molar-refractivity contribution < 1.29 is 9.84 Å². The molecular weight excluding hydrogens is 270 g/mol. The number of ether oxygens (including phenoxy) is 1. The number of hydrogen-bond donors (Lipinski definition) is 1. The topological polar surface area (TPSA) is 76.3 Å². The molecule has 1 atom stereocenters. The fraction of sp³-hybridized carbons (Fsp3) is 0.500. The summed E-state index contributed by atoms with van der Waals surface area (Å²) in [5.41, 5.74) is 1.14. The smallest absolute Gasteiger partial charge is 0.163 e. The Labute approximate surface area is 124 Å². The lowest BCUT2D eigenvalue weighted by Crippen LogP contribution is -2.21. The minimum Gasteiger partial charge on any atom is -0.493 e. The first-order chi connectivity index (χ1) is 10.0. The van der Waals surface area contributed by atoms with Crippen molar-refractivity contribution in [2.24, 2.45) is 0 Å². The zero-order valence-electron chi connectivity index (χ0n) is 12.8. The minimum atomic E-state index is -0.897. The maximum Gasteiger partial charge on any atom is 0.163 e. The highest BCUT2D eigenvalue weighted by Gasteiger charge is 2.22. The third-order valence-corrected chi connectivity index (χ3v) is 3.16. The van der Waals surface area contributed by atoms with Crippen LogP contribution in [0, 0.1) is 6.92 Å². The number of methoxy groups -OCH3 is 1. The van der Waals surface area contributed by atoms with Crippen molar-refractivity contribution in [2.45, 2.75) is 19.6 Å². The Bertz CT molecular complexity index is 597. The van der Waals surface area contributed by atoms with Gasteiger partial charge in [-0.1, -0.05) is 0 Å². The molecule has 7 nitrogen and oxygen atoms in total. The molecule has 0 spiro atoms. The maximum absolute atomic E-state index is 10.6. The SMILES string of the molecule is COc1cnn(CCN(C)C)c1C(O)c1ccnc(C)n1. The Hall–Kier alpha value is -1.99. The van der Waals surface area contributed by atoms with Gasteiger partial charge in [-0.25, -0.2) is 9.97 Å². The van der Waals surface area contributed by atoms with Crippen molar-refractivity contribution in [2.75, 3.05) is 27.7 Å². The van der Waals surface area contributed by atoms with Crippen molar-refractivity contribution >= 4 is 0 Å². The van der Waals surface area contributed by atoms with Gasteiger partial charge >= 0.3 is 0 Å². The van der Waals surface area contributed by atoms with Gasteiger partial charge in [-0.2, -0.15) is 5.10 Å². The Morgan fingerprint density at radius 3 is 2.81 bits per heavy atom. The number of aliphatic hydroxyl groups excluding tert-OH is 1. The molecule has 0 aliphatic carbocycles. The summed E-state index contributed by atoms with van der Waals surface area (Å²) in [7, 11) is 5.55. The summed E-state index contributed by atoms with van der Waals surface area (Å²) in [6.45, 7) is 3.26. The summed E-state index contributed by atoms with van der Waals surface area (Å²) >= 11 is 0. The molecule has 7 heteroatoms. The van der Waals surface area contributed by atoms with Crippen LogP contribution in [-0.4, -0.2) is 57.5 Å².